The second-order valence-corrected chi connectivity index (χ2v) is 8.35. The van der Waals surface area contributed by atoms with E-state index in [1.165, 1.54) is 19.3 Å². The number of hydrogen-bond acceptors (Lipinski definition) is 3. The second-order valence-electron chi connectivity index (χ2n) is 8.35. The lowest BCUT2D eigenvalue weighted by Gasteiger charge is -2.55. The van der Waals surface area contributed by atoms with Gasteiger partial charge in [-0.25, -0.2) is 4.98 Å². The largest absolute Gasteiger partial charge is 0.459 e. The fraction of sp³-hybridized carbons (Fsp3) is 0.600. The van der Waals surface area contributed by atoms with Gasteiger partial charge in [-0.3, -0.25) is 4.79 Å². The molecule has 6 rings (SSSR count). The minimum atomic E-state index is -0.177. The summed E-state index contributed by atoms with van der Waals surface area (Å²) < 4.78 is 7.89. The van der Waals surface area contributed by atoms with Crippen LogP contribution in [-0.2, 0) is 16.1 Å². The normalized spacial score (nSPS) is 34.0. The molecule has 24 heavy (non-hydrogen) atoms. The number of carbonyl (C=O) groups excluding carboxylic acids is 1. The summed E-state index contributed by atoms with van der Waals surface area (Å²) in [6.07, 6.45) is 9.21. The molecule has 2 aromatic rings. The van der Waals surface area contributed by atoms with Gasteiger partial charge in [0.1, 0.15) is 12.3 Å². The predicted molar refractivity (Wildman–Crippen MR) is 90.3 cm³/mol. The summed E-state index contributed by atoms with van der Waals surface area (Å²) in [6, 6.07) is 5.95. The van der Waals surface area contributed by atoms with E-state index in [1.54, 1.807) is 0 Å². The minimum Gasteiger partial charge on any atom is -0.459 e. The van der Waals surface area contributed by atoms with Crippen molar-refractivity contribution in [3.63, 3.8) is 0 Å². The zero-order valence-electron chi connectivity index (χ0n) is 14.2. The van der Waals surface area contributed by atoms with E-state index < -0.39 is 0 Å². The minimum absolute atomic E-state index is 0.0480. The van der Waals surface area contributed by atoms with Gasteiger partial charge < -0.3 is 9.14 Å². The van der Waals surface area contributed by atoms with Gasteiger partial charge in [0.2, 0.25) is 0 Å². The second kappa shape index (κ2) is 5.08. The van der Waals surface area contributed by atoms with Gasteiger partial charge in [0.15, 0.2) is 0 Å². The third-order valence-electron chi connectivity index (χ3n) is 6.64. The van der Waals surface area contributed by atoms with Crippen molar-refractivity contribution in [3.8, 4) is 0 Å². The highest BCUT2D eigenvalue weighted by molar-refractivity contribution is 5.77. The molecule has 126 valence electrons. The van der Waals surface area contributed by atoms with E-state index in [9.17, 15) is 4.79 Å². The molecule has 4 bridgehead atoms. The Balaban J connectivity index is 1.36. The Morgan fingerprint density at radius 3 is 2.54 bits per heavy atom. The zero-order valence-corrected chi connectivity index (χ0v) is 14.2. The molecule has 2 heterocycles. The van der Waals surface area contributed by atoms with E-state index in [-0.39, 0.29) is 11.4 Å². The van der Waals surface area contributed by atoms with Gasteiger partial charge in [0.05, 0.1) is 16.8 Å². The molecule has 0 amide bonds. The standard InChI is InChI=1S/C20H24N2O2/c1-13-17(22-5-3-2-4-18(22)21-13)12-24-19(23)20-9-14-6-15(10-20)8-16(7-14)11-20/h2-5,14-16H,6-12H2,1H3. The molecule has 0 unspecified atom stereocenters. The number of esters is 1. The van der Waals surface area contributed by atoms with Gasteiger partial charge in [-0.05, 0) is 75.3 Å². The van der Waals surface area contributed by atoms with E-state index in [0.29, 0.717) is 6.61 Å². The van der Waals surface area contributed by atoms with Crippen molar-refractivity contribution in [2.24, 2.45) is 23.2 Å². The number of nitrogens with zero attached hydrogens (tertiary/aromatic N) is 2. The number of aromatic nitrogens is 2. The van der Waals surface area contributed by atoms with Gasteiger partial charge in [-0.15, -0.1) is 0 Å². The molecule has 0 radical (unpaired) electrons. The first-order valence-electron chi connectivity index (χ1n) is 9.23. The van der Waals surface area contributed by atoms with Crippen LogP contribution in [0.5, 0.6) is 0 Å². The first-order chi connectivity index (χ1) is 11.6. The lowest BCUT2D eigenvalue weighted by Crippen LogP contribution is -2.50. The highest BCUT2D eigenvalue weighted by atomic mass is 16.5. The number of hydrogen-bond donors (Lipinski definition) is 0. The van der Waals surface area contributed by atoms with Crippen molar-refractivity contribution < 1.29 is 9.53 Å². The average Bonchev–Trinajstić information content (AvgIpc) is 2.86. The highest BCUT2D eigenvalue weighted by Gasteiger charge is 2.55. The molecule has 0 aromatic carbocycles. The Kier molecular flexibility index (Phi) is 3.07. The van der Waals surface area contributed by atoms with Crippen LogP contribution in [0, 0.1) is 30.1 Å². The summed E-state index contributed by atoms with van der Waals surface area (Å²) in [6.45, 7) is 2.32. The van der Waals surface area contributed by atoms with Crippen LogP contribution in [0.4, 0.5) is 0 Å². The maximum Gasteiger partial charge on any atom is 0.312 e. The molecule has 4 aliphatic carbocycles. The summed E-state index contributed by atoms with van der Waals surface area (Å²) in [4.78, 5) is 17.5. The van der Waals surface area contributed by atoms with Crippen molar-refractivity contribution in [3.05, 3.63) is 35.8 Å². The molecule has 0 spiro atoms. The van der Waals surface area contributed by atoms with Gasteiger partial charge in [-0.2, -0.15) is 0 Å². The van der Waals surface area contributed by atoms with Gasteiger partial charge in [-0.1, -0.05) is 6.07 Å². The Morgan fingerprint density at radius 2 is 1.88 bits per heavy atom. The fourth-order valence-corrected chi connectivity index (χ4v) is 5.99. The fourth-order valence-electron chi connectivity index (χ4n) is 5.99. The van der Waals surface area contributed by atoms with E-state index in [2.05, 4.69) is 4.98 Å². The van der Waals surface area contributed by atoms with Crippen molar-refractivity contribution in [2.45, 2.75) is 52.1 Å². The Hall–Kier alpha value is -1.84. The lowest BCUT2D eigenvalue weighted by molar-refractivity contribution is -0.173. The zero-order chi connectivity index (χ0) is 16.3. The topological polar surface area (TPSA) is 43.6 Å². The molecule has 0 aliphatic heterocycles. The molecule has 4 aliphatic rings. The summed E-state index contributed by atoms with van der Waals surface area (Å²) >= 11 is 0. The van der Waals surface area contributed by atoms with E-state index in [4.69, 9.17) is 4.74 Å². The van der Waals surface area contributed by atoms with Crippen LogP contribution in [0.2, 0.25) is 0 Å². The Morgan fingerprint density at radius 1 is 1.21 bits per heavy atom. The van der Waals surface area contributed by atoms with E-state index in [0.717, 1.165) is 54.1 Å². The quantitative estimate of drug-likeness (QED) is 0.804. The molecule has 0 saturated heterocycles. The van der Waals surface area contributed by atoms with Crippen LogP contribution >= 0.6 is 0 Å². The van der Waals surface area contributed by atoms with Crippen LogP contribution in [0.15, 0.2) is 24.4 Å². The van der Waals surface area contributed by atoms with Crippen molar-refractivity contribution in [1.29, 1.82) is 0 Å². The van der Waals surface area contributed by atoms with Crippen molar-refractivity contribution in [2.75, 3.05) is 0 Å². The number of aryl methyl sites for hydroxylation is 1. The summed E-state index contributed by atoms with van der Waals surface area (Å²) in [5, 5.41) is 0. The highest BCUT2D eigenvalue weighted by Crippen LogP contribution is 2.60. The number of pyridine rings is 1. The third kappa shape index (κ3) is 2.11. The summed E-state index contributed by atoms with van der Waals surface area (Å²) in [5.41, 5.74) is 2.67. The van der Waals surface area contributed by atoms with E-state index in [1.807, 2.05) is 35.7 Å². The molecule has 4 saturated carbocycles. The molecule has 0 N–H and O–H groups in total. The number of carbonyl (C=O) groups is 1. The lowest BCUT2D eigenvalue weighted by atomic mass is 9.49. The van der Waals surface area contributed by atoms with Crippen LogP contribution in [0.1, 0.15) is 49.9 Å². The average molecular weight is 324 g/mol. The number of rotatable bonds is 3. The third-order valence-corrected chi connectivity index (χ3v) is 6.64. The summed E-state index contributed by atoms with van der Waals surface area (Å²) in [5.74, 6) is 2.34. The monoisotopic (exact) mass is 324 g/mol. The van der Waals surface area contributed by atoms with Crippen molar-refractivity contribution >= 4 is 11.6 Å². The SMILES string of the molecule is Cc1nc2ccccn2c1COC(=O)C12CC3CC(CC(C3)C1)C2. The van der Waals surface area contributed by atoms with Crippen molar-refractivity contribution in [1.82, 2.24) is 9.38 Å². The molecule has 2 aromatic heterocycles. The molecule has 0 atom stereocenters. The van der Waals surface area contributed by atoms with Crippen LogP contribution in [0.25, 0.3) is 5.65 Å². The van der Waals surface area contributed by atoms with Crippen LogP contribution < -0.4 is 0 Å². The number of imidazole rings is 1. The van der Waals surface area contributed by atoms with Gasteiger partial charge >= 0.3 is 5.97 Å². The molecular weight excluding hydrogens is 300 g/mol. The Labute approximate surface area is 142 Å². The Bertz CT molecular complexity index is 772. The first-order valence-corrected chi connectivity index (χ1v) is 9.23. The molecular formula is C20H24N2O2. The van der Waals surface area contributed by atoms with E-state index >= 15 is 0 Å². The number of ether oxygens (including phenoxy) is 1. The van der Waals surface area contributed by atoms with Gasteiger partial charge in [0.25, 0.3) is 0 Å². The number of fused-ring (bicyclic) bond motifs is 1. The molecule has 4 heteroatoms. The maximum absolute atomic E-state index is 13.0. The van der Waals surface area contributed by atoms with Gasteiger partial charge in [0, 0.05) is 6.20 Å². The van der Waals surface area contributed by atoms with Crippen LogP contribution in [-0.4, -0.2) is 15.4 Å². The predicted octanol–water partition coefficient (Wildman–Crippen LogP) is 3.90. The molecule has 4 nitrogen and oxygen atoms in total. The first kappa shape index (κ1) is 14.5. The smallest absolute Gasteiger partial charge is 0.312 e. The van der Waals surface area contributed by atoms with Crippen LogP contribution in [0.3, 0.4) is 0 Å². The molecule has 4 fully saturated rings. The maximum atomic E-state index is 13.0. The summed E-state index contributed by atoms with van der Waals surface area (Å²) in [7, 11) is 0.